The Morgan fingerprint density at radius 2 is 2.04 bits per heavy atom. The number of carbonyl (C=O) groups is 1. The van der Waals surface area contributed by atoms with E-state index in [1.807, 2.05) is 42.5 Å². The number of aromatic nitrogens is 1. The lowest BCUT2D eigenvalue weighted by Gasteiger charge is -2.04. The van der Waals surface area contributed by atoms with Gasteiger partial charge in [0.2, 0.25) is 0 Å². The Hall–Kier alpha value is -1.76. The average molecular weight is 407 g/mol. The first-order valence-electron chi connectivity index (χ1n) is 8.09. The number of aryl methyl sites for hydroxylation is 1. The van der Waals surface area contributed by atoms with E-state index in [0.717, 1.165) is 38.6 Å². The molecule has 0 aliphatic carbocycles. The maximum atomic E-state index is 12.5. The predicted molar refractivity (Wildman–Crippen MR) is 110 cm³/mol. The molecule has 3 rings (SSSR count). The summed E-state index contributed by atoms with van der Waals surface area (Å²) in [6, 6.07) is 13.3. The van der Waals surface area contributed by atoms with E-state index in [9.17, 15) is 4.79 Å². The molecule has 0 unspecified atom stereocenters. The van der Waals surface area contributed by atoms with Crippen LogP contribution in [0.2, 0.25) is 5.02 Å². The summed E-state index contributed by atoms with van der Waals surface area (Å²) in [5, 5.41) is 0.687. The zero-order valence-corrected chi connectivity index (χ0v) is 17.0. The number of nitrogens with zero attached hydrogens (tertiary/aromatic N) is 2. The lowest BCUT2D eigenvalue weighted by molar-refractivity contribution is -0.117. The third kappa shape index (κ3) is 4.50. The first-order chi connectivity index (χ1) is 12.6. The fourth-order valence-electron chi connectivity index (χ4n) is 2.60. The van der Waals surface area contributed by atoms with Gasteiger partial charge in [0.15, 0.2) is 4.80 Å². The summed E-state index contributed by atoms with van der Waals surface area (Å²) in [6.07, 6.45) is 2.33. The van der Waals surface area contributed by atoms with E-state index in [2.05, 4.69) is 15.8 Å². The van der Waals surface area contributed by atoms with Crippen LogP contribution in [-0.4, -0.2) is 29.6 Å². The number of thiazole rings is 1. The van der Waals surface area contributed by atoms with Gasteiger partial charge < -0.3 is 9.30 Å². The molecular weight excluding hydrogens is 388 g/mol. The van der Waals surface area contributed by atoms with Crippen molar-refractivity contribution in [2.75, 3.05) is 19.1 Å². The average Bonchev–Trinajstić information content (AvgIpc) is 2.96. The van der Waals surface area contributed by atoms with Crippen LogP contribution in [0.4, 0.5) is 0 Å². The van der Waals surface area contributed by atoms with E-state index >= 15 is 0 Å². The van der Waals surface area contributed by atoms with Crippen LogP contribution >= 0.6 is 34.7 Å². The Morgan fingerprint density at radius 3 is 2.73 bits per heavy atom. The minimum atomic E-state index is -0.161. The smallest absolute Gasteiger partial charge is 0.252 e. The van der Waals surface area contributed by atoms with Crippen LogP contribution in [0.3, 0.4) is 0 Å². The van der Waals surface area contributed by atoms with Crippen molar-refractivity contribution < 1.29 is 9.53 Å². The number of ether oxygens (including phenoxy) is 1. The Balaban J connectivity index is 1.92. The van der Waals surface area contributed by atoms with Crippen molar-refractivity contribution in [3.63, 3.8) is 0 Å². The molecule has 26 heavy (non-hydrogen) atoms. The van der Waals surface area contributed by atoms with Gasteiger partial charge >= 0.3 is 0 Å². The van der Waals surface area contributed by atoms with Gasteiger partial charge in [-0.2, -0.15) is 16.8 Å². The van der Waals surface area contributed by atoms with Gasteiger partial charge in [0, 0.05) is 17.3 Å². The molecule has 0 bridgehead atoms. The SMILES string of the molecule is COc1ccc(CC(=O)N=c2sc3cc(Cl)ccc3n2CCSC)cc1. The van der Waals surface area contributed by atoms with Crippen molar-refractivity contribution in [1.82, 2.24) is 4.57 Å². The van der Waals surface area contributed by atoms with Gasteiger partial charge in [0.25, 0.3) is 5.91 Å². The summed E-state index contributed by atoms with van der Waals surface area (Å²) in [5.74, 6) is 1.56. The monoisotopic (exact) mass is 406 g/mol. The molecule has 2 aromatic carbocycles. The van der Waals surface area contributed by atoms with Crippen LogP contribution in [0.5, 0.6) is 5.75 Å². The van der Waals surface area contributed by atoms with Crippen molar-refractivity contribution in [2.24, 2.45) is 4.99 Å². The second-order valence-electron chi connectivity index (χ2n) is 5.67. The lowest BCUT2D eigenvalue weighted by Crippen LogP contribution is -2.18. The Labute approximate surface area is 165 Å². The highest BCUT2D eigenvalue weighted by atomic mass is 35.5. The number of hydrogen-bond donors (Lipinski definition) is 0. The molecule has 0 aliphatic rings. The van der Waals surface area contributed by atoms with Crippen molar-refractivity contribution >= 4 is 50.8 Å². The third-order valence-corrected chi connectivity index (χ3v) is 5.77. The number of fused-ring (bicyclic) bond motifs is 1. The van der Waals surface area contributed by atoms with Gasteiger partial charge in [-0.15, -0.1) is 0 Å². The second kappa shape index (κ2) is 8.75. The van der Waals surface area contributed by atoms with Crippen molar-refractivity contribution in [3.8, 4) is 5.75 Å². The molecule has 4 nitrogen and oxygen atoms in total. The fourth-order valence-corrected chi connectivity index (χ4v) is 4.31. The van der Waals surface area contributed by atoms with Crippen LogP contribution in [-0.2, 0) is 17.8 Å². The third-order valence-electron chi connectivity index (χ3n) is 3.90. The summed E-state index contributed by atoms with van der Waals surface area (Å²) in [4.78, 5) is 17.6. The Kier molecular flexibility index (Phi) is 6.40. The van der Waals surface area contributed by atoms with Gasteiger partial charge in [-0.05, 0) is 42.2 Å². The van der Waals surface area contributed by atoms with Gasteiger partial charge in [-0.25, -0.2) is 0 Å². The summed E-state index contributed by atoms with van der Waals surface area (Å²) in [5.41, 5.74) is 1.98. The largest absolute Gasteiger partial charge is 0.497 e. The molecule has 0 saturated heterocycles. The van der Waals surface area contributed by atoms with Crippen LogP contribution in [0.25, 0.3) is 10.2 Å². The molecule has 7 heteroatoms. The van der Waals surface area contributed by atoms with Crippen LogP contribution < -0.4 is 9.54 Å². The zero-order valence-electron chi connectivity index (χ0n) is 14.6. The maximum Gasteiger partial charge on any atom is 0.252 e. The standard InChI is InChI=1S/C19H19ClN2O2S2/c1-24-15-6-3-13(4-7-15)11-18(23)21-19-22(9-10-25-2)16-8-5-14(20)12-17(16)26-19/h3-8,12H,9-11H2,1-2H3. The molecule has 1 amide bonds. The van der Waals surface area contributed by atoms with Crippen LogP contribution in [0, 0.1) is 0 Å². The highest BCUT2D eigenvalue weighted by Crippen LogP contribution is 2.22. The summed E-state index contributed by atoms with van der Waals surface area (Å²) in [6.45, 7) is 0.803. The van der Waals surface area contributed by atoms with E-state index in [4.69, 9.17) is 16.3 Å². The number of benzene rings is 2. The van der Waals surface area contributed by atoms with Gasteiger partial charge in [0.1, 0.15) is 5.75 Å². The Morgan fingerprint density at radius 1 is 1.27 bits per heavy atom. The molecule has 1 heterocycles. The molecule has 136 valence electrons. The molecule has 0 N–H and O–H groups in total. The minimum absolute atomic E-state index is 0.161. The van der Waals surface area contributed by atoms with Gasteiger partial charge in [0.05, 0.1) is 23.7 Å². The second-order valence-corrected chi connectivity index (χ2v) is 8.10. The molecule has 0 atom stereocenters. The molecule has 1 aromatic heterocycles. The number of hydrogen-bond acceptors (Lipinski definition) is 4. The first kappa shape index (κ1) is 19.0. The number of thioether (sulfide) groups is 1. The van der Waals surface area contributed by atoms with Crippen LogP contribution in [0.1, 0.15) is 5.56 Å². The van der Waals surface area contributed by atoms with Crippen molar-refractivity contribution in [3.05, 3.63) is 57.9 Å². The number of rotatable bonds is 6. The summed E-state index contributed by atoms with van der Waals surface area (Å²) < 4.78 is 8.28. The molecule has 0 aliphatic heterocycles. The van der Waals surface area contributed by atoms with Crippen molar-refractivity contribution in [2.45, 2.75) is 13.0 Å². The molecule has 0 saturated carbocycles. The topological polar surface area (TPSA) is 43.6 Å². The highest BCUT2D eigenvalue weighted by Gasteiger charge is 2.09. The van der Waals surface area contributed by atoms with Gasteiger partial charge in [-0.3, -0.25) is 4.79 Å². The van der Waals surface area contributed by atoms with Crippen LogP contribution in [0.15, 0.2) is 47.5 Å². The number of amides is 1. The number of halogens is 1. The molecule has 0 radical (unpaired) electrons. The minimum Gasteiger partial charge on any atom is -0.497 e. The van der Waals surface area contributed by atoms with Crippen molar-refractivity contribution in [1.29, 1.82) is 0 Å². The molecule has 3 aromatic rings. The van der Waals surface area contributed by atoms with E-state index in [1.54, 1.807) is 18.9 Å². The Bertz CT molecular complexity index is 977. The predicted octanol–water partition coefficient (Wildman–Crippen LogP) is 4.40. The summed E-state index contributed by atoms with van der Waals surface area (Å²) in [7, 11) is 1.62. The molecular formula is C19H19ClN2O2S2. The van der Waals surface area contributed by atoms with E-state index in [1.165, 1.54) is 11.3 Å². The van der Waals surface area contributed by atoms with Gasteiger partial charge in [-0.1, -0.05) is 35.1 Å². The number of carbonyl (C=O) groups excluding carboxylic acids is 1. The van der Waals surface area contributed by atoms with E-state index in [0.29, 0.717) is 5.02 Å². The normalized spacial score (nSPS) is 11.9. The van der Waals surface area contributed by atoms with E-state index in [-0.39, 0.29) is 12.3 Å². The molecule has 0 fully saturated rings. The quantitative estimate of drug-likeness (QED) is 0.609. The zero-order chi connectivity index (χ0) is 18.5. The first-order valence-corrected chi connectivity index (χ1v) is 10.7. The number of methoxy groups -OCH3 is 1. The summed E-state index contributed by atoms with van der Waals surface area (Å²) >= 11 is 9.37. The highest BCUT2D eigenvalue weighted by molar-refractivity contribution is 7.98. The van der Waals surface area contributed by atoms with E-state index < -0.39 is 0 Å². The lowest BCUT2D eigenvalue weighted by atomic mass is 10.1. The maximum absolute atomic E-state index is 12.5. The molecule has 0 spiro atoms. The fraction of sp³-hybridized carbons (Fsp3) is 0.263.